The SMILES string of the molecule is Cc1ncnc(OC2CCNC2)c1F. The summed E-state index contributed by atoms with van der Waals surface area (Å²) in [5.74, 6) is -0.398. The van der Waals surface area contributed by atoms with Crippen LogP contribution in [0.2, 0.25) is 0 Å². The van der Waals surface area contributed by atoms with Crippen LogP contribution in [0.3, 0.4) is 0 Å². The first-order valence-corrected chi connectivity index (χ1v) is 4.62. The fourth-order valence-corrected chi connectivity index (χ4v) is 1.40. The van der Waals surface area contributed by atoms with Gasteiger partial charge in [0, 0.05) is 6.54 Å². The summed E-state index contributed by atoms with van der Waals surface area (Å²) in [4.78, 5) is 7.50. The van der Waals surface area contributed by atoms with Gasteiger partial charge in [-0.1, -0.05) is 0 Å². The number of ether oxygens (including phenoxy) is 1. The molecule has 5 heteroatoms. The van der Waals surface area contributed by atoms with Crippen molar-refractivity contribution in [2.75, 3.05) is 13.1 Å². The van der Waals surface area contributed by atoms with Gasteiger partial charge in [-0.2, -0.15) is 9.37 Å². The van der Waals surface area contributed by atoms with E-state index in [9.17, 15) is 4.39 Å². The highest BCUT2D eigenvalue weighted by Crippen LogP contribution is 2.17. The van der Waals surface area contributed by atoms with Crippen LogP contribution < -0.4 is 10.1 Å². The Morgan fingerprint density at radius 1 is 1.57 bits per heavy atom. The van der Waals surface area contributed by atoms with Crippen molar-refractivity contribution in [3.05, 3.63) is 17.8 Å². The van der Waals surface area contributed by atoms with Crippen molar-refractivity contribution in [1.82, 2.24) is 15.3 Å². The molecule has 2 rings (SSSR count). The molecule has 1 fully saturated rings. The summed E-state index contributed by atoms with van der Waals surface area (Å²) in [6, 6.07) is 0. The molecule has 76 valence electrons. The van der Waals surface area contributed by atoms with Crippen LogP contribution in [0.25, 0.3) is 0 Å². The summed E-state index contributed by atoms with van der Waals surface area (Å²) in [7, 11) is 0. The topological polar surface area (TPSA) is 47.0 Å². The Morgan fingerprint density at radius 2 is 2.43 bits per heavy atom. The monoisotopic (exact) mass is 197 g/mol. The molecule has 1 saturated heterocycles. The Bertz CT molecular complexity index is 326. The predicted octanol–water partition coefficient (Wildman–Crippen LogP) is 0.665. The van der Waals surface area contributed by atoms with Crippen molar-refractivity contribution in [3.63, 3.8) is 0 Å². The van der Waals surface area contributed by atoms with Crippen LogP contribution in [0, 0.1) is 12.7 Å². The van der Waals surface area contributed by atoms with Gasteiger partial charge in [-0.25, -0.2) is 4.98 Å². The second kappa shape index (κ2) is 3.88. The lowest BCUT2D eigenvalue weighted by Gasteiger charge is -2.11. The molecule has 2 heterocycles. The van der Waals surface area contributed by atoms with Crippen LogP contribution in [0.1, 0.15) is 12.1 Å². The maximum absolute atomic E-state index is 13.4. The molecule has 0 saturated carbocycles. The number of nitrogens with one attached hydrogen (secondary N) is 1. The van der Waals surface area contributed by atoms with Gasteiger partial charge in [0.05, 0.1) is 5.69 Å². The molecule has 1 aliphatic heterocycles. The summed E-state index contributed by atoms with van der Waals surface area (Å²) in [5.41, 5.74) is 0.320. The van der Waals surface area contributed by atoms with Gasteiger partial charge >= 0.3 is 0 Å². The van der Waals surface area contributed by atoms with Gasteiger partial charge in [0.2, 0.25) is 5.82 Å². The smallest absolute Gasteiger partial charge is 0.254 e. The number of aromatic nitrogens is 2. The highest BCUT2D eigenvalue weighted by molar-refractivity contribution is 5.16. The molecule has 0 aliphatic carbocycles. The van der Waals surface area contributed by atoms with Crippen molar-refractivity contribution in [2.45, 2.75) is 19.4 Å². The minimum Gasteiger partial charge on any atom is -0.471 e. The molecule has 14 heavy (non-hydrogen) atoms. The van der Waals surface area contributed by atoms with Gasteiger partial charge in [-0.15, -0.1) is 0 Å². The van der Waals surface area contributed by atoms with Gasteiger partial charge in [-0.3, -0.25) is 0 Å². The largest absolute Gasteiger partial charge is 0.471 e. The first-order valence-electron chi connectivity index (χ1n) is 4.62. The van der Waals surface area contributed by atoms with Crippen molar-refractivity contribution < 1.29 is 9.13 Å². The molecule has 1 atom stereocenters. The number of hydrogen-bond donors (Lipinski definition) is 1. The van der Waals surface area contributed by atoms with Crippen LogP contribution in [0.15, 0.2) is 6.33 Å². The summed E-state index contributed by atoms with van der Waals surface area (Å²) in [6.45, 7) is 3.26. The second-order valence-corrected chi connectivity index (χ2v) is 3.31. The molecule has 1 aromatic heterocycles. The zero-order valence-electron chi connectivity index (χ0n) is 7.96. The zero-order valence-corrected chi connectivity index (χ0v) is 7.96. The first kappa shape index (κ1) is 9.33. The lowest BCUT2D eigenvalue weighted by atomic mass is 10.3. The predicted molar refractivity (Wildman–Crippen MR) is 48.6 cm³/mol. The summed E-state index contributed by atoms with van der Waals surface area (Å²) in [5, 5.41) is 3.14. The van der Waals surface area contributed by atoms with Crippen LogP contribution in [0.5, 0.6) is 5.88 Å². The molecule has 0 amide bonds. The Hall–Kier alpha value is -1.23. The number of rotatable bonds is 2. The Labute approximate surface area is 81.5 Å². The third kappa shape index (κ3) is 1.82. The lowest BCUT2D eigenvalue weighted by Crippen LogP contribution is -2.21. The highest BCUT2D eigenvalue weighted by atomic mass is 19.1. The number of halogens is 1. The van der Waals surface area contributed by atoms with Crippen LogP contribution in [-0.2, 0) is 0 Å². The zero-order chi connectivity index (χ0) is 9.97. The fourth-order valence-electron chi connectivity index (χ4n) is 1.40. The van der Waals surface area contributed by atoms with Crippen molar-refractivity contribution in [1.29, 1.82) is 0 Å². The van der Waals surface area contributed by atoms with E-state index >= 15 is 0 Å². The maximum Gasteiger partial charge on any atom is 0.254 e. The summed E-state index contributed by atoms with van der Waals surface area (Å²) < 4.78 is 18.8. The van der Waals surface area contributed by atoms with E-state index in [4.69, 9.17) is 4.74 Å². The van der Waals surface area contributed by atoms with Gasteiger partial charge in [0.1, 0.15) is 12.4 Å². The lowest BCUT2D eigenvalue weighted by molar-refractivity contribution is 0.202. The standard InChI is InChI=1S/C9H12FN3O/c1-6-8(10)9(13-5-12-6)14-7-2-3-11-4-7/h5,7,11H,2-4H2,1H3. The van der Waals surface area contributed by atoms with Gasteiger partial charge in [0.15, 0.2) is 0 Å². The molecule has 1 aromatic rings. The minimum absolute atomic E-state index is 0.0267. The van der Waals surface area contributed by atoms with E-state index in [1.165, 1.54) is 6.33 Å². The number of nitrogens with zero attached hydrogens (tertiary/aromatic N) is 2. The molecule has 0 aromatic carbocycles. The van der Waals surface area contributed by atoms with Crippen molar-refractivity contribution >= 4 is 0 Å². The van der Waals surface area contributed by atoms with E-state index in [1.807, 2.05) is 0 Å². The van der Waals surface area contributed by atoms with E-state index in [-0.39, 0.29) is 12.0 Å². The molecule has 1 unspecified atom stereocenters. The van der Waals surface area contributed by atoms with E-state index in [0.29, 0.717) is 5.69 Å². The molecule has 1 aliphatic rings. The minimum atomic E-state index is -0.459. The van der Waals surface area contributed by atoms with Gasteiger partial charge in [0.25, 0.3) is 5.88 Å². The van der Waals surface area contributed by atoms with E-state index in [2.05, 4.69) is 15.3 Å². The van der Waals surface area contributed by atoms with Crippen LogP contribution in [0.4, 0.5) is 4.39 Å². The van der Waals surface area contributed by atoms with Crippen LogP contribution >= 0.6 is 0 Å². The average molecular weight is 197 g/mol. The molecule has 0 bridgehead atoms. The number of aryl methyl sites for hydroxylation is 1. The van der Waals surface area contributed by atoms with Gasteiger partial charge in [-0.05, 0) is 19.9 Å². The van der Waals surface area contributed by atoms with Gasteiger partial charge < -0.3 is 10.1 Å². The number of hydrogen-bond acceptors (Lipinski definition) is 4. The second-order valence-electron chi connectivity index (χ2n) is 3.31. The first-order chi connectivity index (χ1) is 6.77. The third-order valence-corrected chi connectivity index (χ3v) is 2.23. The quantitative estimate of drug-likeness (QED) is 0.756. The highest BCUT2D eigenvalue weighted by Gasteiger charge is 2.19. The Kier molecular flexibility index (Phi) is 2.58. The average Bonchev–Trinajstić information content (AvgIpc) is 2.66. The normalized spacial score (nSPS) is 21.1. The Morgan fingerprint density at radius 3 is 3.14 bits per heavy atom. The van der Waals surface area contributed by atoms with E-state index in [1.54, 1.807) is 6.92 Å². The molecule has 4 nitrogen and oxygen atoms in total. The molecular formula is C9H12FN3O. The molecule has 0 spiro atoms. The van der Waals surface area contributed by atoms with E-state index < -0.39 is 5.82 Å². The van der Waals surface area contributed by atoms with Crippen LogP contribution in [-0.4, -0.2) is 29.2 Å². The maximum atomic E-state index is 13.4. The molecule has 0 radical (unpaired) electrons. The molecule has 1 N–H and O–H groups in total. The van der Waals surface area contributed by atoms with Crippen molar-refractivity contribution in [2.24, 2.45) is 0 Å². The summed E-state index contributed by atoms with van der Waals surface area (Å²) in [6.07, 6.45) is 2.23. The van der Waals surface area contributed by atoms with Crippen molar-refractivity contribution in [3.8, 4) is 5.88 Å². The fraction of sp³-hybridized carbons (Fsp3) is 0.556. The third-order valence-electron chi connectivity index (χ3n) is 2.23. The summed E-state index contributed by atoms with van der Waals surface area (Å²) >= 11 is 0. The Balaban J connectivity index is 2.11. The van der Waals surface area contributed by atoms with E-state index in [0.717, 1.165) is 19.5 Å². The molecular weight excluding hydrogens is 185 g/mol.